The molecule has 0 aromatic carbocycles. The van der Waals surface area contributed by atoms with Crippen molar-refractivity contribution in [1.82, 2.24) is 0 Å². The van der Waals surface area contributed by atoms with E-state index in [1.54, 1.807) is 0 Å². The van der Waals surface area contributed by atoms with Gasteiger partial charge in [0, 0.05) is 0 Å². The van der Waals surface area contributed by atoms with Gasteiger partial charge in [-0.1, -0.05) is 29.5 Å². The molecule has 0 radical (unpaired) electrons. The Labute approximate surface area is 75.4 Å². The topological polar surface area (TPSA) is 18.5 Å². The van der Waals surface area contributed by atoms with Gasteiger partial charge >= 0.3 is 0 Å². The summed E-state index contributed by atoms with van der Waals surface area (Å²) in [5.74, 6) is 0. The molecule has 60 valence electrons. The first kappa shape index (κ1) is 8.74. The van der Waals surface area contributed by atoms with Gasteiger partial charge in [-0.05, 0) is 13.3 Å². The summed E-state index contributed by atoms with van der Waals surface area (Å²) in [5, 5.41) is 0. The quantitative estimate of drug-likeness (QED) is 0.555. The Morgan fingerprint density at radius 2 is 2.40 bits per heavy atom. The van der Waals surface area contributed by atoms with Crippen LogP contribution >= 0.6 is 22.6 Å². The number of hydrogen-bond donors (Lipinski definition) is 0. The molecule has 1 rings (SSSR count). The van der Waals surface area contributed by atoms with Crippen molar-refractivity contribution in [2.75, 3.05) is 6.61 Å². The molecule has 3 heteroatoms. The lowest BCUT2D eigenvalue weighted by atomic mass is 10.3. The molecule has 1 heterocycles. The largest absolute Gasteiger partial charge is 0.349 e. The summed E-state index contributed by atoms with van der Waals surface area (Å²) in [7, 11) is 0. The van der Waals surface area contributed by atoms with Crippen LogP contribution in [0, 0.1) is 0 Å². The van der Waals surface area contributed by atoms with Crippen molar-refractivity contribution in [3.8, 4) is 0 Å². The predicted octanol–water partition coefficient (Wildman–Crippen LogP) is 1.96. The molecule has 0 aromatic heterocycles. The van der Waals surface area contributed by atoms with Crippen LogP contribution in [0.1, 0.15) is 20.3 Å². The predicted molar refractivity (Wildman–Crippen MR) is 48.4 cm³/mol. The molecule has 1 aliphatic heterocycles. The van der Waals surface area contributed by atoms with Gasteiger partial charge < -0.3 is 9.47 Å². The monoisotopic (exact) mass is 256 g/mol. The summed E-state index contributed by atoms with van der Waals surface area (Å²) in [6.45, 7) is 4.99. The first-order valence-corrected chi connectivity index (χ1v) is 4.89. The third kappa shape index (κ3) is 2.07. The van der Waals surface area contributed by atoms with Crippen LogP contribution in [-0.4, -0.2) is 22.9 Å². The van der Waals surface area contributed by atoms with E-state index in [0.717, 1.165) is 13.0 Å². The molecule has 0 bridgehead atoms. The second-order valence-corrected chi connectivity index (χ2v) is 4.51. The standard InChI is InChI=1S/C7H13IO2/c1-3-6-4-9-7(10-6)5(2)8/h5-7H,3-4H2,1-2H3. The van der Waals surface area contributed by atoms with Crippen molar-refractivity contribution < 1.29 is 9.47 Å². The molecular weight excluding hydrogens is 243 g/mol. The minimum Gasteiger partial charge on any atom is -0.349 e. The number of ether oxygens (including phenoxy) is 2. The molecule has 3 unspecified atom stereocenters. The van der Waals surface area contributed by atoms with E-state index in [2.05, 4.69) is 36.4 Å². The molecule has 0 spiro atoms. The highest BCUT2D eigenvalue weighted by molar-refractivity contribution is 14.1. The van der Waals surface area contributed by atoms with Gasteiger partial charge in [0.15, 0.2) is 6.29 Å². The first-order chi connectivity index (χ1) is 4.74. The van der Waals surface area contributed by atoms with Gasteiger partial charge in [0.1, 0.15) is 0 Å². The van der Waals surface area contributed by atoms with Crippen LogP contribution < -0.4 is 0 Å². The number of halogens is 1. The van der Waals surface area contributed by atoms with Crippen molar-refractivity contribution in [2.24, 2.45) is 0 Å². The van der Waals surface area contributed by atoms with Crippen LogP contribution in [0.25, 0.3) is 0 Å². The Bertz CT molecular complexity index is 106. The minimum atomic E-state index is 0.0329. The summed E-state index contributed by atoms with van der Waals surface area (Å²) in [5.41, 5.74) is 0. The summed E-state index contributed by atoms with van der Waals surface area (Å²) >= 11 is 2.32. The molecule has 0 aromatic rings. The molecule has 2 nitrogen and oxygen atoms in total. The van der Waals surface area contributed by atoms with E-state index in [1.165, 1.54) is 0 Å². The molecule has 0 amide bonds. The lowest BCUT2D eigenvalue weighted by molar-refractivity contribution is -0.0516. The Balaban J connectivity index is 2.28. The molecule has 1 aliphatic rings. The van der Waals surface area contributed by atoms with Gasteiger partial charge in [0.05, 0.1) is 16.6 Å². The lowest BCUT2D eigenvalue weighted by Crippen LogP contribution is -2.19. The fourth-order valence-electron chi connectivity index (χ4n) is 0.925. The molecule has 1 fully saturated rings. The molecule has 0 saturated carbocycles. The van der Waals surface area contributed by atoms with Gasteiger partial charge in [-0.2, -0.15) is 0 Å². The Hall–Kier alpha value is 0.650. The second-order valence-electron chi connectivity index (χ2n) is 2.55. The fourth-order valence-corrected chi connectivity index (χ4v) is 1.30. The highest BCUT2D eigenvalue weighted by Gasteiger charge is 2.27. The maximum atomic E-state index is 5.54. The van der Waals surface area contributed by atoms with Gasteiger partial charge in [0.2, 0.25) is 0 Å². The molecule has 10 heavy (non-hydrogen) atoms. The van der Waals surface area contributed by atoms with Crippen molar-refractivity contribution in [3.05, 3.63) is 0 Å². The van der Waals surface area contributed by atoms with Gasteiger partial charge in [-0.25, -0.2) is 0 Å². The maximum Gasteiger partial charge on any atom is 0.169 e. The van der Waals surface area contributed by atoms with E-state index in [-0.39, 0.29) is 6.29 Å². The van der Waals surface area contributed by atoms with E-state index in [0.29, 0.717) is 10.0 Å². The number of alkyl halides is 1. The van der Waals surface area contributed by atoms with Crippen molar-refractivity contribution in [1.29, 1.82) is 0 Å². The second kappa shape index (κ2) is 3.88. The number of hydrogen-bond acceptors (Lipinski definition) is 2. The van der Waals surface area contributed by atoms with Crippen LogP contribution in [0.15, 0.2) is 0 Å². The Morgan fingerprint density at radius 3 is 2.70 bits per heavy atom. The maximum absolute atomic E-state index is 5.54. The van der Waals surface area contributed by atoms with Crippen molar-refractivity contribution in [3.63, 3.8) is 0 Å². The van der Waals surface area contributed by atoms with Gasteiger partial charge in [-0.15, -0.1) is 0 Å². The normalized spacial score (nSPS) is 36.3. The SMILES string of the molecule is CCC1COC(C(C)I)O1. The van der Waals surface area contributed by atoms with Gasteiger partial charge in [0.25, 0.3) is 0 Å². The van der Waals surface area contributed by atoms with Crippen LogP contribution in [-0.2, 0) is 9.47 Å². The summed E-state index contributed by atoms with van der Waals surface area (Å²) in [6, 6.07) is 0. The van der Waals surface area contributed by atoms with E-state index in [9.17, 15) is 0 Å². The van der Waals surface area contributed by atoms with E-state index >= 15 is 0 Å². The molecule has 3 atom stereocenters. The third-order valence-corrected chi connectivity index (χ3v) is 2.19. The first-order valence-electron chi connectivity index (χ1n) is 3.65. The van der Waals surface area contributed by atoms with E-state index in [4.69, 9.17) is 9.47 Å². The highest BCUT2D eigenvalue weighted by atomic mass is 127. The van der Waals surface area contributed by atoms with Gasteiger partial charge in [-0.3, -0.25) is 0 Å². The molecular formula is C7H13IO2. The summed E-state index contributed by atoms with van der Waals surface area (Å²) in [4.78, 5) is 0. The average molecular weight is 256 g/mol. The Kier molecular flexibility index (Phi) is 3.39. The highest BCUT2D eigenvalue weighted by Crippen LogP contribution is 2.20. The zero-order valence-electron chi connectivity index (χ0n) is 6.34. The fraction of sp³-hybridized carbons (Fsp3) is 1.00. The van der Waals surface area contributed by atoms with Crippen LogP contribution in [0.2, 0.25) is 0 Å². The van der Waals surface area contributed by atoms with E-state index < -0.39 is 0 Å². The summed E-state index contributed by atoms with van der Waals surface area (Å²) in [6.07, 6.45) is 1.42. The lowest BCUT2D eigenvalue weighted by Gasteiger charge is -2.11. The third-order valence-electron chi connectivity index (χ3n) is 1.60. The number of rotatable bonds is 2. The molecule has 0 aliphatic carbocycles. The summed E-state index contributed by atoms with van der Waals surface area (Å²) < 4.78 is 11.4. The van der Waals surface area contributed by atoms with Crippen molar-refractivity contribution >= 4 is 22.6 Å². The van der Waals surface area contributed by atoms with Crippen LogP contribution in [0.4, 0.5) is 0 Å². The Morgan fingerprint density at radius 1 is 1.70 bits per heavy atom. The van der Waals surface area contributed by atoms with Crippen molar-refractivity contribution in [2.45, 2.75) is 36.6 Å². The van der Waals surface area contributed by atoms with Crippen LogP contribution in [0.3, 0.4) is 0 Å². The van der Waals surface area contributed by atoms with E-state index in [1.807, 2.05) is 0 Å². The molecule has 1 saturated heterocycles. The molecule has 0 N–H and O–H groups in total. The van der Waals surface area contributed by atoms with Crippen LogP contribution in [0.5, 0.6) is 0 Å². The minimum absolute atomic E-state index is 0.0329. The smallest absolute Gasteiger partial charge is 0.169 e. The zero-order valence-corrected chi connectivity index (χ0v) is 8.50. The average Bonchev–Trinajstić information content (AvgIpc) is 2.34. The zero-order chi connectivity index (χ0) is 7.56.